The van der Waals surface area contributed by atoms with Crippen LogP contribution in [0.2, 0.25) is 0 Å². The minimum atomic E-state index is 0.734. The van der Waals surface area contributed by atoms with Crippen molar-refractivity contribution in [2.45, 2.75) is 0 Å². The lowest BCUT2D eigenvalue weighted by Crippen LogP contribution is -1.65. The number of rotatable bonds is 0. The zero-order valence-corrected chi connectivity index (χ0v) is 6.44. The zero-order valence-electron chi connectivity index (χ0n) is 6.44. The zero-order chi connectivity index (χ0) is 8.23. The number of para-hydroxylation sites is 1. The van der Waals surface area contributed by atoms with Crippen LogP contribution in [0.4, 0.5) is 0 Å². The molecule has 0 unspecified atom stereocenters. The molecule has 0 aliphatic heterocycles. The monoisotopic (exact) mass is 160 g/mol. The molecule has 0 atom stereocenters. The molecule has 0 aliphatic carbocycles. The standard InChI is InChI=1S/C10H8O2/c1-2-7-10-9(5-1)6-3-4-8-11-12-10/h1-8H. The molecule has 0 amide bonds. The molecule has 1 aromatic carbocycles. The summed E-state index contributed by atoms with van der Waals surface area (Å²) >= 11 is 0. The maximum atomic E-state index is 4.99. The topological polar surface area (TPSA) is 26.3 Å². The van der Waals surface area contributed by atoms with Crippen LogP contribution in [0.15, 0.2) is 57.9 Å². The van der Waals surface area contributed by atoms with Crippen LogP contribution in [-0.4, -0.2) is 0 Å². The molecule has 0 saturated carbocycles. The van der Waals surface area contributed by atoms with Crippen LogP contribution in [0.1, 0.15) is 0 Å². The average Bonchev–Trinajstić information content (AvgIpc) is 2.06. The maximum absolute atomic E-state index is 4.99. The Morgan fingerprint density at radius 2 is 1.58 bits per heavy atom. The van der Waals surface area contributed by atoms with Gasteiger partial charge >= 0.3 is 0 Å². The van der Waals surface area contributed by atoms with Crippen LogP contribution in [-0.2, 0) is 0 Å². The quantitative estimate of drug-likeness (QED) is 0.553. The highest BCUT2D eigenvalue weighted by Crippen LogP contribution is 2.09. The first-order valence-corrected chi connectivity index (χ1v) is 3.72. The maximum Gasteiger partial charge on any atom is 0.185 e. The van der Waals surface area contributed by atoms with Crippen molar-refractivity contribution in [3.8, 4) is 0 Å². The van der Waals surface area contributed by atoms with Gasteiger partial charge in [0.05, 0.1) is 0 Å². The van der Waals surface area contributed by atoms with Crippen LogP contribution in [0, 0.1) is 0 Å². The largest absolute Gasteiger partial charge is 0.298 e. The summed E-state index contributed by atoms with van der Waals surface area (Å²) in [7, 11) is 0. The van der Waals surface area contributed by atoms with Crippen molar-refractivity contribution in [2.24, 2.45) is 0 Å². The number of fused-ring (bicyclic) bond motifs is 1. The fourth-order valence-electron chi connectivity index (χ4n) is 1.01. The van der Waals surface area contributed by atoms with Gasteiger partial charge in [-0.1, -0.05) is 30.3 Å². The van der Waals surface area contributed by atoms with E-state index in [1.807, 2.05) is 36.4 Å². The molecule has 12 heavy (non-hydrogen) atoms. The Balaban J connectivity index is 2.83. The third kappa shape index (κ3) is 1.32. The van der Waals surface area contributed by atoms with E-state index in [9.17, 15) is 0 Å². The molecule has 2 nitrogen and oxygen atoms in total. The van der Waals surface area contributed by atoms with Crippen molar-refractivity contribution in [1.82, 2.24) is 0 Å². The summed E-state index contributed by atoms with van der Waals surface area (Å²) in [6.07, 6.45) is 1.49. The van der Waals surface area contributed by atoms with Gasteiger partial charge in [0.2, 0.25) is 0 Å². The lowest BCUT2D eigenvalue weighted by Gasteiger charge is -1.88. The fraction of sp³-hybridized carbons (Fsp3) is 0. The van der Waals surface area contributed by atoms with Gasteiger partial charge in [-0.15, -0.1) is 0 Å². The summed E-state index contributed by atoms with van der Waals surface area (Å²) in [5.41, 5.74) is 0.734. The minimum Gasteiger partial charge on any atom is -0.298 e. The van der Waals surface area contributed by atoms with E-state index < -0.39 is 0 Å². The second-order valence-electron chi connectivity index (χ2n) is 2.41. The fourth-order valence-corrected chi connectivity index (χ4v) is 1.01. The predicted molar refractivity (Wildman–Crippen MR) is 46.1 cm³/mol. The van der Waals surface area contributed by atoms with Gasteiger partial charge in [0.1, 0.15) is 6.26 Å². The first-order valence-electron chi connectivity index (χ1n) is 3.72. The van der Waals surface area contributed by atoms with Gasteiger partial charge in [0, 0.05) is 5.39 Å². The normalized spacial score (nSPS) is 9.67. The van der Waals surface area contributed by atoms with Crippen molar-refractivity contribution in [2.75, 3.05) is 0 Å². The van der Waals surface area contributed by atoms with Gasteiger partial charge in [-0.05, 0) is 12.1 Å². The molecule has 2 rings (SSSR count). The molecule has 1 heterocycles. The molecule has 2 aromatic rings. The summed E-state index contributed by atoms with van der Waals surface area (Å²) in [4.78, 5) is 0. The Morgan fingerprint density at radius 3 is 2.50 bits per heavy atom. The number of hydrogen-bond donors (Lipinski definition) is 0. The lowest BCUT2D eigenvalue weighted by molar-refractivity contribution is 0.0688. The van der Waals surface area contributed by atoms with Gasteiger partial charge in [0.25, 0.3) is 0 Å². The van der Waals surface area contributed by atoms with Gasteiger partial charge in [-0.3, -0.25) is 9.15 Å². The first kappa shape index (κ1) is 6.98. The van der Waals surface area contributed by atoms with Gasteiger partial charge in [-0.25, -0.2) is 0 Å². The molecule has 2 heteroatoms. The van der Waals surface area contributed by atoms with Crippen LogP contribution in [0.5, 0.6) is 0 Å². The van der Waals surface area contributed by atoms with Crippen LogP contribution in [0.25, 0.3) is 11.0 Å². The molecule has 0 fully saturated rings. The van der Waals surface area contributed by atoms with Crippen molar-refractivity contribution in [3.05, 3.63) is 48.7 Å². The molecule has 1 aromatic heterocycles. The first-order chi connectivity index (χ1) is 5.97. The molecule has 0 spiro atoms. The number of benzene rings is 1. The van der Waals surface area contributed by atoms with Crippen LogP contribution < -0.4 is 0 Å². The van der Waals surface area contributed by atoms with E-state index in [0.717, 1.165) is 11.0 Å². The summed E-state index contributed by atoms with van der Waals surface area (Å²) in [6.45, 7) is 0. The molecule has 0 bridgehead atoms. The van der Waals surface area contributed by atoms with E-state index in [4.69, 9.17) is 9.15 Å². The second kappa shape index (κ2) is 3.13. The summed E-state index contributed by atoms with van der Waals surface area (Å²) in [5, 5.41) is 1.02. The van der Waals surface area contributed by atoms with Crippen LogP contribution in [0.3, 0.4) is 0 Å². The summed E-state index contributed by atoms with van der Waals surface area (Å²) in [5.74, 6) is 0. The smallest absolute Gasteiger partial charge is 0.185 e. The van der Waals surface area contributed by atoms with E-state index in [1.54, 1.807) is 6.07 Å². The van der Waals surface area contributed by atoms with E-state index in [-0.39, 0.29) is 0 Å². The van der Waals surface area contributed by atoms with E-state index in [1.165, 1.54) is 6.26 Å². The Bertz CT molecular complexity index is 370. The molecule has 60 valence electrons. The van der Waals surface area contributed by atoms with Gasteiger partial charge in [-0.2, -0.15) is 0 Å². The predicted octanol–water partition coefficient (Wildman–Crippen LogP) is 3.15. The van der Waals surface area contributed by atoms with Gasteiger partial charge in [0.15, 0.2) is 5.58 Å². The highest BCUT2D eigenvalue weighted by atomic mass is 17.0. The highest BCUT2D eigenvalue weighted by Gasteiger charge is 1.87. The molecular formula is C10H8O2. The van der Waals surface area contributed by atoms with Crippen molar-refractivity contribution >= 4 is 11.0 Å². The third-order valence-corrected chi connectivity index (χ3v) is 1.58. The van der Waals surface area contributed by atoms with Crippen molar-refractivity contribution < 1.29 is 9.15 Å². The summed E-state index contributed by atoms with van der Waals surface area (Å²) in [6, 6.07) is 13.3. The van der Waals surface area contributed by atoms with E-state index >= 15 is 0 Å². The molecule has 0 N–H and O–H groups in total. The van der Waals surface area contributed by atoms with Crippen LogP contribution >= 0.6 is 0 Å². The van der Waals surface area contributed by atoms with E-state index in [0.29, 0.717) is 0 Å². The average molecular weight is 160 g/mol. The molecule has 0 saturated heterocycles. The van der Waals surface area contributed by atoms with E-state index in [2.05, 4.69) is 0 Å². The Labute approximate surface area is 69.7 Å². The molecule has 0 aliphatic rings. The third-order valence-electron chi connectivity index (χ3n) is 1.58. The number of hydrogen-bond acceptors (Lipinski definition) is 2. The molecule has 0 radical (unpaired) electrons. The van der Waals surface area contributed by atoms with Crippen molar-refractivity contribution in [3.63, 3.8) is 0 Å². The Hall–Kier alpha value is -1.70. The second-order valence-corrected chi connectivity index (χ2v) is 2.41. The lowest BCUT2D eigenvalue weighted by atomic mass is 10.2. The SMILES string of the molecule is c1ccc2ccccc2ooc1. The van der Waals surface area contributed by atoms with Crippen molar-refractivity contribution in [1.29, 1.82) is 0 Å². The molecular weight excluding hydrogens is 152 g/mol. The van der Waals surface area contributed by atoms with Gasteiger partial charge < -0.3 is 0 Å². The minimum absolute atomic E-state index is 0.734. The summed E-state index contributed by atoms with van der Waals surface area (Å²) < 4.78 is 9.76. The Kier molecular flexibility index (Phi) is 1.82. The highest BCUT2D eigenvalue weighted by molar-refractivity contribution is 5.74. The Morgan fingerprint density at radius 1 is 0.833 bits per heavy atom.